The van der Waals surface area contributed by atoms with E-state index in [4.69, 9.17) is 5.26 Å². The number of carbonyl (C=O) groups excluding carboxylic acids is 2. The highest BCUT2D eigenvalue weighted by atomic mass is 32.1. The van der Waals surface area contributed by atoms with Crippen LogP contribution in [0.2, 0.25) is 0 Å². The number of anilines is 3. The molecule has 0 saturated carbocycles. The number of pyridine rings is 1. The summed E-state index contributed by atoms with van der Waals surface area (Å²) < 4.78 is 5.97. The number of ketones is 1. The van der Waals surface area contributed by atoms with E-state index in [9.17, 15) is 9.59 Å². The second-order valence-electron chi connectivity index (χ2n) is 6.71. The predicted molar refractivity (Wildman–Crippen MR) is 116 cm³/mol. The molecule has 0 fully saturated rings. The zero-order valence-corrected chi connectivity index (χ0v) is 17.1. The van der Waals surface area contributed by atoms with Gasteiger partial charge in [-0.3, -0.25) is 9.59 Å². The zero-order valence-electron chi connectivity index (χ0n) is 16.3. The molecule has 0 saturated heterocycles. The number of aromatic nitrogens is 2. The maximum absolute atomic E-state index is 12.9. The van der Waals surface area contributed by atoms with Gasteiger partial charge >= 0.3 is 0 Å². The van der Waals surface area contributed by atoms with Crippen LogP contribution in [0.5, 0.6) is 0 Å². The van der Waals surface area contributed by atoms with E-state index in [1.807, 2.05) is 53.7 Å². The van der Waals surface area contributed by atoms with Crippen molar-refractivity contribution >= 4 is 45.2 Å². The van der Waals surface area contributed by atoms with E-state index < -0.39 is 11.7 Å². The lowest BCUT2D eigenvalue weighted by molar-refractivity contribution is -0.112. The molecule has 0 unspecified atom stereocenters. The van der Waals surface area contributed by atoms with Crippen LogP contribution >= 0.6 is 11.5 Å². The summed E-state index contributed by atoms with van der Waals surface area (Å²) in [5.41, 5.74) is 3.14. The van der Waals surface area contributed by atoms with Crippen molar-refractivity contribution in [1.82, 2.24) is 8.77 Å². The number of hydrogen-bond acceptors (Lipinski definition) is 6. The molecule has 4 rings (SSSR count). The number of nitrogens with zero attached hydrogens (tertiary/aromatic N) is 4. The first-order chi connectivity index (χ1) is 14.5. The summed E-state index contributed by atoms with van der Waals surface area (Å²) in [6.07, 6.45) is 1.84. The molecule has 7 nitrogen and oxygen atoms in total. The van der Waals surface area contributed by atoms with Gasteiger partial charge in [0.2, 0.25) is 0 Å². The van der Waals surface area contributed by atoms with Gasteiger partial charge in [-0.2, -0.15) is 9.64 Å². The minimum absolute atomic E-state index is 0.310. The fourth-order valence-electron chi connectivity index (χ4n) is 3.18. The number of hydrogen-bond donors (Lipinski definition) is 1. The monoisotopic (exact) mass is 415 g/mol. The maximum atomic E-state index is 12.9. The Labute approximate surface area is 177 Å². The van der Waals surface area contributed by atoms with Crippen molar-refractivity contribution in [3.8, 4) is 6.07 Å². The SMILES string of the molecule is Cc1cc(NC(=O)C(=O)c2cc(N(C)c3ccc(C#N)cc3)n3ccccc23)sn1. The molecule has 1 aromatic carbocycles. The van der Waals surface area contributed by atoms with Gasteiger partial charge in [0.1, 0.15) is 10.8 Å². The predicted octanol–water partition coefficient (Wildman–Crippen LogP) is 4.17. The van der Waals surface area contributed by atoms with Gasteiger partial charge in [-0.05, 0) is 67.0 Å². The first kappa shape index (κ1) is 19.4. The number of nitriles is 1. The number of Topliss-reactive ketones (excluding diaryl/α,β-unsaturated/α-hetero) is 1. The van der Waals surface area contributed by atoms with Crippen molar-refractivity contribution in [3.05, 3.63) is 77.6 Å². The van der Waals surface area contributed by atoms with Crippen molar-refractivity contribution in [2.24, 2.45) is 0 Å². The van der Waals surface area contributed by atoms with Crippen molar-refractivity contribution < 1.29 is 9.59 Å². The lowest BCUT2D eigenvalue weighted by Gasteiger charge is -2.19. The molecule has 30 heavy (non-hydrogen) atoms. The average molecular weight is 415 g/mol. The fourth-order valence-corrected chi connectivity index (χ4v) is 3.84. The summed E-state index contributed by atoms with van der Waals surface area (Å²) in [7, 11) is 1.87. The quantitative estimate of drug-likeness (QED) is 0.390. The number of fused-ring (bicyclic) bond motifs is 1. The third kappa shape index (κ3) is 3.54. The van der Waals surface area contributed by atoms with E-state index in [1.165, 1.54) is 0 Å². The van der Waals surface area contributed by atoms with Crippen molar-refractivity contribution in [3.63, 3.8) is 0 Å². The summed E-state index contributed by atoms with van der Waals surface area (Å²) >= 11 is 1.13. The number of aryl methyl sites for hydroxylation is 1. The average Bonchev–Trinajstić information content (AvgIpc) is 3.36. The Balaban J connectivity index is 1.70. The van der Waals surface area contributed by atoms with Gasteiger partial charge in [0.05, 0.1) is 28.4 Å². The molecule has 3 heterocycles. The molecule has 0 bridgehead atoms. The Hall–Kier alpha value is -3.96. The van der Waals surface area contributed by atoms with E-state index in [2.05, 4.69) is 15.8 Å². The largest absolute Gasteiger partial charge is 0.331 e. The van der Waals surface area contributed by atoms with Crippen LogP contribution in [-0.4, -0.2) is 27.5 Å². The Bertz CT molecular complexity index is 1300. The first-order valence-corrected chi connectivity index (χ1v) is 9.88. The lowest BCUT2D eigenvalue weighted by atomic mass is 10.1. The van der Waals surface area contributed by atoms with Crippen molar-refractivity contribution in [2.75, 3.05) is 17.3 Å². The van der Waals surface area contributed by atoms with Gasteiger partial charge in [0.25, 0.3) is 11.7 Å². The summed E-state index contributed by atoms with van der Waals surface area (Å²) in [6.45, 7) is 1.82. The standard InChI is InChI=1S/C22H17N5O2S/c1-14-11-19(30-25-14)24-22(29)21(28)17-12-20(27-10-4-3-5-18(17)27)26(2)16-8-6-15(13-23)7-9-16/h3-12H,1-2H3,(H,24,29). The summed E-state index contributed by atoms with van der Waals surface area (Å²) in [5, 5.41) is 12.2. The molecule has 3 aromatic heterocycles. The highest BCUT2D eigenvalue weighted by Crippen LogP contribution is 2.29. The van der Waals surface area contributed by atoms with Gasteiger partial charge < -0.3 is 14.6 Å². The van der Waals surface area contributed by atoms with Gasteiger partial charge in [-0.25, -0.2) is 0 Å². The molecule has 0 aliphatic carbocycles. The Kier molecular flexibility index (Phi) is 5.04. The van der Waals surface area contributed by atoms with Gasteiger partial charge in [0.15, 0.2) is 0 Å². The van der Waals surface area contributed by atoms with Crippen LogP contribution in [0.4, 0.5) is 16.5 Å². The van der Waals surface area contributed by atoms with Crippen molar-refractivity contribution in [1.29, 1.82) is 5.26 Å². The van der Waals surface area contributed by atoms with E-state index >= 15 is 0 Å². The number of amides is 1. The van der Waals surface area contributed by atoms with Gasteiger partial charge in [-0.15, -0.1) is 0 Å². The molecule has 4 aromatic rings. The normalized spacial score (nSPS) is 10.6. The number of rotatable bonds is 5. The molecular weight excluding hydrogens is 398 g/mol. The first-order valence-electron chi connectivity index (χ1n) is 9.11. The van der Waals surface area contributed by atoms with Crippen molar-refractivity contribution in [2.45, 2.75) is 6.92 Å². The summed E-state index contributed by atoms with van der Waals surface area (Å²) in [5.74, 6) is -0.605. The van der Waals surface area contributed by atoms with E-state index in [0.717, 1.165) is 28.7 Å². The van der Waals surface area contributed by atoms with E-state index in [-0.39, 0.29) is 0 Å². The fraction of sp³-hybridized carbons (Fsp3) is 0.0909. The highest BCUT2D eigenvalue weighted by molar-refractivity contribution is 7.10. The number of carbonyl (C=O) groups is 2. The molecule has 8 heteroatoms. The Morgan fingerprint density at radius 2 is 1.93 bits per heavy atom. The molecule has 0 radical (unpaired) electrons. The smallest absolute Gasteiger partial charge is 0.297 e. The molecule has 0 aliphatic heterocycles. The molecule has 0 atom stereocenters. The van der Waals surface area contributed by atoms with E-state index in [1.54, 1.807) is 30.3 Å². The molecule has 148 valence electrons. The van der Waals surface area contributed by atoms with Gasteiger partial charge in [0, 0.05) is 18.9 Å². The summed E-state index contributed by atoms with van der Waals surface area (Å²) in [4.78, 5) is 27.4. The maximum Gasteiger partial charge on any atom is 0.297 e. The number of benzene rings is 1. The van der Waals surface area contributed by atoms with E-state index in [0.29, 0.717) is 21.6 Å². The minimum atomic E-state index is -0.706. The highest BCUT2D eigenvalue weighted by Gasteiger charge is 2.24. The molecule has 1 amide bonds. The minimum Gasteiger partial charge on any atom is -0.331 e. The van der Waals surface area contributed by atoms with Crippen LogP contribution in [0.15, 0.2) is 60.8 Å². The Morgan fingerprint density at radius 3 is 2.60 bits per heavy atom. The van der Waals surface area contributed by atoms with Crippen LogP contribution in [-0.2, 0) is 4.79 Å². The second-order valence-corrected chi connectivity index (χ2v) is 7.51. The third-order valence-corrected chi connectivity index (χ3v) is 5.49. The molecule has 0 aliphatic rings. The summed E-state index contributed by atoms with van der Waals surface area (Å²) in [6, 6.07) is 18.1. The van der Waals surface area contributed by atoms with Crippen LogP contribution in [0.3, 0.4) is 0 Å². The lowest BCUT2D eigenvalue weighted by Crippen LogP contribution is -2.22. The molecular formula is C22H17N5O2S. The second kappa shape index (κ2) is 7.81. The van der Waals surface area contributed by atoms with Gasteiger partial charge in [-0.1, -0.05) is 6.07 Å². The number of nitrogens with one attached hydrogen (secondary N) is 1. The third-order valence-electron chi connectivity index (χ3n) is 4.70. The molecule has 1 N–H and O–H groups in total. The van der Waals surface area contributed by atoms with Crippen LogP contribution in [0, 0.1) is 18.3 Å². The van der Waals surface area contributed by atoms with Crippen LogP contribution in [0.1, 0.15) is 21.6 Å². The topological polar surface area (TPSA) is 90.5 Å². The van der Waals surface area contributed by atoms with Crippen LogP contribution < -0.4 is 10.2 Å². The zero-order chi connectivity index (χ0) is 21.3. The Morgan fingerprint density at radius 1 is 1.17 bits per heavy atom. The molecule has 0 spiro atoms. The van der Waals surface area contributed by atoms with Crippen LogP contribution in [0.25, 0.3) is 5.52 Å².